The number of carbonyl (C=O) groups is 2. The first-order chi connectivity index (χ1) is 19.3. The van der Waals surface area contributed by atoms with Crippen LogP contribution in [-0.2, 0) is 4.79 Å². The van der Waals surface area contributed by atoms with E-state index in [0.29, 0.717) is 38.0 Å². The summed E-state index contributed by atoms with van der Waals surface area (Å²) < 4.78 is 0. The number of aliphatic hydroxyl groups is 2. The monoisotopic (exact) mass is 545 g/mol. The summed E-state index contributed by atoms with van der Waals surface area (Å²) >= 11 is 0. The SMILES string of the molecule is CC1CC(C(=O)Nc2ccc(Nc3ccc(NC(=O)N4CCC(O)CC4)cc3)cc2)=CC=C1N1CCC(O)CC1. The van der Waals surface area contributed by atoms with E-state index in [9.17, 15) is 19.8 Å². The highest BCUT2D eigenvalue weighted by Gasteiger charge is 2.26. The van der Waals surface area contributed by atoms with Crippen LogP contribution in [0, 0.1) is 5.92 Å². The maximum Gasteiger partial charge on any atom is 0.321 e. The highest BCUT2D eigenvalue weighted by molar-refractivity contribution is 6.04. The molecule has 40 heavy (non-hydrogen) atoms. The lowest BCUT2D eigenvalue weighted by Gasteiger charge is -2.37. The van der Waals surface area contributed by atoms with E-state index in [1.165, 1.54) is 5.70 Å². The molecule has 2 heterocycles. The van der Waals surface area contributed by atoms with Gasteiger partial charge < -0.3 is 36.0 Å². The second kappa shape index (κ2) is 12.6. The summed E-state index contributed by atoms with van der Waals surface area (Å²) in [5, 5.41) is 28.7. The number of rotatable bonds is 6. The topological polar surface area (TPSA) is 117 Å². The Morgan fingerprint density at radius 3 is 1.77 bits per heavy atom. The van der Waals surface area contributed by atoms with Crippen molar-refractivity contribution in [1.29, 1.82) is 0 Å². The van der Waals surface area contributed by atoms with Crippen LogP contribution in [0.2, 0.25) is 0 Å². The van der Waals surface area contributed by atoms with Crippen LogP contribution >= 0.6 is 0 Å². The molecule has 2 saturated heterocycles. The van der Waals surface area contributed by atoms with Gasteiger partial charge in [-0.15, -0.1) is 0 Å². The number of allylic oxidation sites excluding steroid dienone is 3. The normalized spacial score (nSPS) is 20.4. The molecule has 1 unspecified atom stereocenters. The molecule has 2 fully saturated rings. The zero-order valence-corrected chi connectivity index (χ0v) is 23.0. The summed E-state index contributed by atoms with van der Waals surface area (Å²) in [4.78, 5) is 29.4. The van der Waals surface area contributed by atoms with Gasteiger partial charge in [0.05, 0.1) is 12.2 Å². The minimum atomic E-state index is -0.314. The third-order valence-electron chi connectivity index (χ3n) is 7.93. The van der Waals surface area contributed by atoms with E-state index in [0.717, 1.165) is 48.6 Å². The molecule has 9 nitrogen and oxygen atoms in total. The van der Waals surface area contributed by atoms with Crippen molar-refractivity contribution >= 4 is 34.7 Å². The van der Waals surface area contributed by atoms with E-state index in [4.69, 9.17) is 0 Å². The van der Waals surface area contributed by atoms with Crippen LogP contribution in [0.5, 0.6) is 0 Å². The molecule has 1 atom stereocenters. The fourth-order valence-corrected chi connectivity index (χ4v) is 5.49. The van der Waals surface area contributed by atoms with E-state index < -0.39 is 0 Å². The van der Waals surface area contributed by atoms with Gasteiger partial charge in [0, 0.05) is 66.1 Å². The number of urea groups is 1. The zero-order valence-electron chi connectivity index (χ0n) is 23.0. The average molecular weight is 546 g/mol. The summed E-state index contributed by atoms with van der Waals surface area (Å²) in [6, 6.07) is 14.9. The first-order valence-electron chi connectivity index (χ1n) is 14.2. The molecule has 212 valence electrons. The maximum atomic E-state index is 12.9. The van der Waals surface area contributed by atoms with E-state index in [1.54, 1.807) is 4.90 Å². The summed E-state index contributed by atoms with van der Waals surface area (Å²) in [7, 11) is 0. The molecule has 3 aliphatic rings. The number of amides is 3. The number of aliphatic hydroxyl groups excluding tert-OH is 2. The molecular formula is C31H39N5O4. The molecular weight excluding hydrogens is 506 g/mol. The molecule has 0 spiro atoms. The Hall–Kier alpha value is -3.82. The largest absolute Gasteiger partial charge is 0.393 e. The van der Waals surface area contributed by atoms with Crippen LogP contribution in [0.3, 0.4) is 0 Å². The van der Waals surface area contributed by atoms with E-state index in [1.807, 2.05) is 54.6 Å². The van der Waals surface area contributed by atoms with Crippen LogP contribution < -0.4 is 16.0 Å². The minimum Gasteiger partial charge on any atom is -0.393 e. The van der Waals surface area contributed by atoms with Crippen molar-refractivity contribution in [3.05, 3.63) is 72.0 Å². The second-order valence-corrected chi connectivity index (χ2v) is 11.0. The molecule has 1 aliphatic carbocycles. The zero-order chi connectivity index (χ0) is 28.1. The van der Waals surface area contributed by atoms with Crippen LogP contribution in [0.15, 0.2) is 72.0 Å². The van der Waals surface area contributed by atoms with Crippen LogP contribution in [0.4, 0.5) is 27.5 Å². The molecule has 3 amide bonds. The summed E-state index contributed by atoms with van der Waals surface area (Å²) in [5.74, 6) is 0.168. The third kappa shape index (κ3) is 7.03. The molecule has 0 aromatic heterocycles. The number of anilines is 4. The van der Waals surface area contributed by atoms with Crippen LogP contribution in [0.1, 0.15) is 39.0 Å². The molecule has 2 aromatic carbocycles. The van der Waals surface area contributed by atoms with Crippen molar-refractivity contribution < 1.29 is 19.8 Å². The van der Waals surface area contributed by atoms with Gasteiger partial charge in [-0.05, 0) is 86.7 Å². The maximum absolute atomic E-state index is 12.9. The molecule has 9 heteroatoms. The quantitative estimate of drug-likeness (QED) is 0.360. The number of benzene rings is 2. The van der Waals surface area contributed by atoms with E-state index >= 15 is 0 Å². The number of likely N-dealkylation sites (tertiary alicyclic amines) is 2. The number of piperidine rings is 2. The number of hydrogen-bond donors (Lipinski definition) is 5. The Balaban J connectivity index is 1.11. The molecule has 0 bridgehead atoms. The van der Waals surface area contributed by atoms with Crippen molar-refractivity contribution in [1.82, 2.24) is 9.80 Å². The number of nitrogens with one attached hydrogen (secondary N) is 3. The second-order valence-electron chi connectivity index (χ2n) is 11.0. The molecule has 5 N–H and O–H groups in total. The number of carbonyl (C=O) groups excluding carboxylic acids is 2. The predicted octanol–water partition coefficient (Wildman–Crippen LogP) is 4.66. The van der Waals surface area contributed by atoms with Gasteiger partial charge in [0.2, 0.25) is 0 Å². The number of hydrogen-bond acceptors (Lipinski definition) is 6. The van der Waals surface area contributed by atoms with Crippen molar-refractivity contribution in [2.75, 3.05) is 42.1 Å². The Morgan fingerprint density at radius 2 is 1.23 bits per heavy atom. The van der Waals surface area contributed by atoms with Gasteiger partial charge in [-0.1, -0.05) is 13.0 Å². The first kappa shape index (κ1) is 27.7. The summed E-state index contributed by atoms with van der Waals surface area (Å²) in [6.07, 6.45) is 6.97. The fourth-order valence-electron chi connectivity index (χ4n) is 5.49. The van der Waals surface area contributed by atoms with Crippen molar-refractivity contribution in [2.24, 2.45) is 5.92 Å². The van der Waals surface area contributed by atoms with Crippen LogP contribution in [0.25, 0.3) is 0 Å². The lowest BCUT2D eigenvalue weighted by Crippen LogP contribution is -2.42. The average Bonchev–Trinajstić information content (AvgIpc) is 2.96. The highest BCUT2D eigenvalue weighted by Crippen LogP contribution is 2.30. The van der Waals surface area contributed by atoms with Crippen molar-refractivity contribution in [3.8, 4) is 0 Å². The first-order valence-corrected chi connectivity index (χ1v) is 14.2. The molecule has 2 aromatic rings. The summed E-state index contributed by atoms with van der Waals surface area (Å²) in [6.45, 7) is 4.99. The van der Waals surface area contributed by atoms with Gasteiger partial charge in [0.1, 0.15) is 0 Å². The Morgan fingerprint density at radius 1 is 0.725 bits per heavy atom. The van der Waals surface area contributed by atoms with E-state index in [2.05, 4.69) is 33.9 Å². The number of nitrogens with zero attached hydrogens (tertiary/aromatic N) is 2. The van der Waals surface area contributed by atoms with Gasteiger partial charge in [-0.3, -0.25) is 4.79 Å². The molecule has 2 aliphatic heterocycles. The van der Waals surface area contributed by atoms with Crippen molar-refractivity contribution in [2.45, 2.75) is 51.2 Å². The minimum absolute atomic E-state index is 0.0877. The van der Waals surface area contributed by atoms with Crippen molar-refractivity contribution in [3.63, 3.8) is 0 Å². The smallest absolute Gasteiger partial charge is 0.321 e. The molecule has 0 saturated carbocycles. The Labute approximate surface area is 235 Å². The Bertz CT molecular complexity index is 1240. The van der Waals surface area contributed by atoms with Gasteiger partial charge in [-0.25, -0.2) is 4.79 Å². The van der Waals surface area contributed by atoms with Gasteiger partial charge in [0.25, 0.3) is 5.91 Å². The fraction of sp³-hybridized carbons (Fsp3) is 0.419. The molecule has 5 rings (SSSR count). The predicted molar refractivity (Wildman–Crippen MR) is 157 cm³/mol. The van der Waals surface area contributed by atoms with Gasteiger partial charge >= 0.3 is 6.03 Å². The standard InChI is InChI=1S/C31H39N5O4/c1-21-20-22(2-11-29(21)35-16-12-27(37)13-17-35)30(39)33-25-7-3-23(4-8-25)32-24-5-9-26(10-6-24)34-31(40)36-18-14-28(38)15-19-36/h2-11,21,27-28,32,37-38H,12-20H2,1H3,(H,33,39)(H,34,40). The van der Waals surface area contributed by atoms with E-state index in [-0.39, 0.29) is 30.1 Å². The van der Waals surface area contributed by atoms with Gasteiger partial charge in [0.15, 0.2) is 0 Å². The van der Waals surface area contributed by atoms with Gasteiger partial charge in [-0.2, -0.15) is 0 Å². The Kier molecular flexibility index (Phi) is 8.72. The summed E-state index contributed by atoms with van der Waals surface area (Å²) in [5.41, 5.74) is 5.21. The lowest BCUT2D eigenvalue weighted by molar-refractivity contribution is -0.113. The lowest BCUT2D eigenvalue weighted by atomic mass is 9.90. The highest BCUT2D eigenvalue weighted by atomic mass is 16.3. The van der Waals surface area contributed by atoms with Crippen LogP contribution in [-0.4, -0.2) is 70.3 Å². The third-order valence-corrected chi connectivity index (χ3v) is 7.93. The molecule has 0 radical (unpaired) electrons.